The van der Waals surface area contributed by atoms with Gasteiger partial charge in [0.25, 0.3) is 5.91 Å². The first kappa shape index (κ1) is 15.2. The monoisotopic (exact) mass is 415 g/mol. The van der Waals surface area contributed by atoms with Crippen molar-refractivity contribution in [1.29, 1.82) is 0 Å². The van der Waals surface area contributed by atoms with Crippen molar-refractivity contribution < 1.29 is 20.8 Å². The summed E-state index contributed by atoms with van der Waals surface area (Å²) in [4.78, 5) is 21.1. The highest BCUT2D eigenvalue weighted by Gasteiger charge is 2.22. The van der Waals surface area contributed by atoms with E-state index in [1.54, 1.807) is 6.92 Å². The topological polar surface area (TPSA) is 76.1 Å². The maximum absolute atomic E-state index is 14.5. The Kier molecular flexibility index (Phi) is 4.24. The molecule has 1 aliphatic rings. The van der Waals surface area contributed by atoms with Gasteiger partial charge in [0, 0.05) is 31.7 Å². The van der Waals surface area contributed by atoms with Gasteiger partial charge in [-0.3, -0.25) is 4.79 Å². The SMILES string of the molecule is C.[2H]C([2H])([2H])C([2H])([2H])N1Cc2c(ccc(F)c2[N+]#[C-])O[C@@H](C)CNC(=O)c2cnn3ccc1nc23. The number of amides is 1. The smallest absolute Gasteiger partial charge is 0.256 e. The summed E-state index contributed by atoms with van der Waals surface area (Å²) in [6.07, 6.45) is 2.07. The van der Waals surface area contributed by atoms with E-state index in [0.717, 1.165) is 11.0 Å². The van der Waals surface area contributed by atoms with E-state index in [9.17, 15) is 9.18 Å². The normalized spacial score (nSPS) is 19.6. The Morgan fingerprint density at radius 3 is 3.10 bits per heavy atom. The van der Waals surface area contributed by atoms with Gasteiger partial charge in [0.1, 0.15) is 29.1 Å². The van der Waals surface area contributed by atoms with Crippen LogP contribution < -0.4 is 15.0 Å². The van der Waals surface area contributed by atoms with Crippen LogP contribution in [0.2, 0.25) is 0 Å². The zero-order valence-electron chi connectivity index (χ0n) is 20.3. The fourth-order valence-electron chi connectivity index (χ4n) is 3.07. The highest BCUT2D eigenvalue weighted by molar-refractivity contribution is 5.99. The van der Waals surface area contributed by atoms with Gasteiger partial charge in [-0.2, -0.15) is 5.10 Å². The number of fused-ring (bicyclic) bond motifs is 2. The second kappa shape index (κ2) is 8.37. The van der Waals surface area contributed by atoms with Crippen molar-refractivity contribution >= 4 is 23.1 Å². The number of nitrogens with zero attached hydrogens (tertiary/aromatic N) is 5. The lowest BCUT2D eigenvalue weighted by Crippen LogP contribution is -2.33. The van der Waals surface area contributed by atoms with Crippen molar-refractivity contribution in [2.75, 3.05) is 17.9 Å². The third-order valence-corrected chi connectivity index (χ3v) is 4.51. The molecule has 1 atom stereocenters. The fourth-order valence-corrected chi connectivity index (χ4v) is 3.07. The minimum atomic E-state index is -3.14. The molecule has 0 aliphatic carbocycles. The summed E-state index contributed by atoms with van der Waals surface area (Å²) in [6, 6.07) is 3.65. The van der Waals surface area contributed by atoms with Gasteiger partial charge in [0.05, 0.1) is 19.3 Å². The number of aromatic nitrogens is 3. The first-order valence-electron chi connectivity index (χ1n) is 11.2. The first-order chi connectivity index (χ1) is 15.9. The number of anilines is 1. The van der Waals surface area contributed by atoms with E-state index in [4.69, 9.17) is 18.2 Å². The standard InChI is InChI=1S/C20H19FN6O2.CH4/c1-4-26-11-14-16(6-5-15(21)18(14)22-3)29-12(2)9-23-20(28)13-10-24-27-8-7-17(26)25-19(13)27;/h5-8,10,12H,4,9,11H2,1-2H3,(H,23,28);1H4/t12-;/m0./s1/i1D3,4D2;. The molecule has 1 amide bonds. The van der Waals surface area contributed by atoms with Gasteiger partial charge >= 0.3 is 0 Å². The van der Waals surface area contributed by atoms with Crippen molar-refractivity contribution in [2.24, 2.45) is 0 Å². The highest BCUT2D eigenvalue weighted by Crippen LogP contribution is 2.34. The minimum Gasteiger partial charge on any atom is -0.490 e. The Morgan fingerprint density at radius 1 is 1.50 bits per heavy atom. The van der Waals surface area contributed by atoms with Gasteiger partial charge in [-0.05, 0) is 32.0 Å². The lowest BCUT2D eigenvalue weighted by Gasteiger charge is -2.25. The van der Waals surface area contributed by atoms with E-state index in [-0.39, 0.29) is 42.3 Å². The van der Waals surface area contributed by atoms with Gasteiger partial charge in [0.15, 0.2) is 5.65 Å². The summed E-state index contributed by atoms with van der Waals surface area (Å²) in [7, 11) is 0. The second-order valence-corrected chi connectivity index (χ2v) is 6.43. The predicted molar refractivity (Wildman–Crippen MR) is 112 cm³/mol. The third-order valence-electron chi connectivity index (χ3n) is 4.51. The highest BCUT2D eigenvalue weighted by atomic mass is 19.1. The molecule has 0 fully saturated rings. The molecule has 156 valence electrons. The number of carbonyl (C=O) groups excluding carboxylic acids is 1. The summed E-state index contributed by atoms with van der Waals surface area (Å²) in [5.41, 5.74) is -0.316. The van der Waals surface area contributed by atoms with Crippen LogP contribution in [-0.4, -0.2) is 39.7 Å². The molecular weight excluding hydrogens is 387 g/mol. The Balaban J connectivity index is 0.00000342. The molecule has 2 bridgehead atoms. The molecule has 2 aromatic heterocycles. The summed E-state index contributed by atoms with van der Waals surface area (Å²) >= 11 is 0. The number of hydrogen-bond donors (Lipinski definition) is 1. The van der Waals surface area contributed by atoms with Gasteiger partial charge < -0.3 is 15.0 Å². The van der Waals surface area contributed by atoms with Crippen LogP contribution in [0.15, 0.2) is 30.6 Å². The Labute approximate surface area is 181 Å². The van der Waals surface area contributed by atoms with Crippen molar-refractivity contribution in [3.8, 4) is 5.75 Å². The average Bonchev–Trinajstić information content (AvgIpc) is 3.19. The van der Waals surface area contributed by atoms with Crippen LogP contribution in [0.4, 0.5) is 15.9 Å². The van der Waals surface area contributed by atoms with E-state index in [2.05, 4.69) is 20.2 Å². The van der Waals surface area contributed by atoms with E-state index in [1.165, 1.54) is 29.0 Å². The first-order valence-corrected chi connectivity index (χ1v) is 8.69. The van der Waals surface area contributed by atoms with E-state index in [1.807, 2.05) is 0 Å². The third kappa shape index (κ3) is 3.64. The molecule has 0 saturated carbocycles. The van der Waals surface area contributed by atoms with E-state index < -0.39 is 43.4 Å². The quantitative estimate of drug-likeness (QED) is 0.615. The van der Waals surface area contributed by atoms with Crippen LogP contribution in [0.1, 0.15) is 44.0 Å². The lowest BCUT2D eigenvalue weighted by molar-refractivity contribution is 0.0933. The molecule has 0 radical (unpaired) electrons. The van der Waals surface area contributed by atoms with Crippen LogP contribution in [0, 0.1) is 12.4 Å². The van der Waals surface area contributed by atoms with Crippen molar-refractivity contribution in [3.05, 3.63) is 59.0 Å². The number of rotatable bonds is 1. The van der Waals surface area contributed by atoms with Gasteiger partial charge in [-0.15, -0.1) is 0 Å². The summed E-state index contributed by atoms with van der Waals surface area (Å²) < 4.78 is 61.9. The zero-order valence-corrected chi connectivity index (χ0v) is 15.3. The maximum atomic E-state index is 14.5. The number of ether oxygens (including phenoxy) is 1. The van der Waals surface area contributed by atoms with Crippen LogP contribution in [0.5, 0.6) is 5.75 Å². The molecule has 30 heavy (non-hydrogen) atoms. The average molecular weight is 415 g/mol. The molecule has 1 aliphatic heterocycles. The largest absolute Gasteiger partial charge is 0.490 e. The Morgan fingerprint density at radius 2 is 2.33 bits per heavy atom. The molecule has 1 N–H and O–H groups in total. The Bertz CT molecular complexity index is 1320. The zero-order chi connectivity index (χ0) is 24.8. The molecule has 4 rings (SSSR count). The maximum Gasteiger partial charge on any atom is 0.256 e. The predicted octanol–water partition coefficient (Wildman–Crippen LogP) is 3.59. The van der Waals surface area contributed by atoms with E-state index in [0.29, 0.717) is 0 Å². The summed E-state index contributed by atoms with van der Waals surface area (Å²) in [6.45, 7) is 2.48. The molecular formula is C21H23FN6O2. The summed E-state index contributed by atoms with van der Waals surface area (Å²) in [5.74, 6) is -1.47. The molecule has 3 aromatic rings. The molecule has 1 aromatic carbocycles. The van der Waals surface area contributed by atoms with Crippen LogP contribution in [-0.2, 0) is 6.54 Å². The molecule has 0 unspecified atom stereocenters. The van der Waals surface area contributed by atoms with Crippen LogP contribution >= 0.6 is 0 Å². The van der Waals surface area contributed by atoms with Crippen molar-refractivity contribution in [3.63, 3.8) is 0 Å². The van der Waals surface area contributed by atoms with Crippen molar-refractivity contribution in [1.82, 2.24) is 19.9 Å². The fraction of sp³-hybridized carbons (Fsp3) is 0.333. The number of halogens is 1. The summed E-state index contributed by atoms with van der Waals surface area (Å²) in [5, 5.41) is 6.76. The van der Waals surface area contributed by atoms with Gasteiger partial charge in [-0.1, -0.05) is 7.43 Å². The molecule has 9 heteroatoms. The minimum absolute atomic E-state index is 0. The Hall–Kier alpha value is -3.67. The van der Waals surface area contributed by atoms with Crippen molar-refractivity contribution in [2.45, 2.75) is 33.9 Å². The molecule has 0 spiro atoms. The van der Waals surface area contributed by atoms with E-state index >= 15 is 0 Å². The van der Waals surface area contributed by atoms with Gasteiger partial charge in [-0.25, -0.2) is 18.7 Å². The lowest BCUT2D eigenvalue weighted by atomic mass is 10.1. The molecule has 8 nitrogen and oxygen atoms in total. The number of benzene rings is 1. The molecule has 0 saturated heterocycles. The van der Waals surface area contributed by atoms with Gasteiger partial charge in [0.2, 0.25) is 5.69 Å². The number of hydrogen-bond acceptors (Lipinski definition) is 5. The van der Waals surface area contributed by atoms with Crippen LogP contribution in [0.25, 0.3) is 10.5 Å². The second-order valence-electron chi connectivity index (χ2n) is 6.43. The molecule has 3 heterocycles. The number of carbonyl (C=O) groups is 1. The number of nitrogens with one attached hydrogen (secondary N) is 1. The van der Waals surface area contributed by atoms with Crippen LogP contribution in [0.3, 0.4) is 0 Å².